The summed E-state index contributed by atoms with van der Waals surface area (Å²) in [4.78, 5) is 9.06. The molecule has 0 saturated heterocycles. The molecule has 0 bridgehead atoms. The van der Waals surface area contributed by atoms with Crippen LogP contribution in [0.5, 0.6) is 0 Å². The zero-order chi connectivity index (χ0) is 12.7. The number of pyridine rings is 1. The number of nitrogens with zero attached hydrogens (tertiary/aromatic N) is 3. The SMILES string of the molecule is Cc1cc(C)c2nc(-c3ccccc3)n(N)c2n1. The van der Waals surface area contributed by atoms with Crippen LogP contribution in [0.4, 0.5) is 0 Å². The van der Waals surface area contributed by atoms with Gasteiger partial charge in [-0.1, -0.05) is 30.3 Å². The number of hydrogen-bond acceptors (Lipinski definition) is 3. The normalized spacial score (nSPS) is 11.0. The molecule has 0 amide bonds. The molecule has 4 nitrogen and oxygen atoms in total. The number of nitrogens with two attached hydrogens (primary N) is 1. The summed E-state index contributed by atoms with van der Waals surface area (Å²) >= 11 is 0. The Hall–Kier alpha value is -2.36. The zero-order valence-corrected chi connectivity index (χ0v) is 10.4. The molecule has 2 aromatic heterocycles. The lowest BCUT2D eigenvalue weighted by Crippen LogP contribution is -2.10. The van der Waals surface area contributed by atoms with Gasteiger partial charge in [0.1, 0.15) is 5.52 Å². The van der Waals surface area contributed by atoms with Gasteiger partial charge in [0.05, 0.1) is 0 Å². The molecule has 90 valence electrons. The second-order valence-corrected chi connectivity index (χ2v) is 4.42. The van der Waals surface area contributed by atoms with Gasteiger partial charge in [-0.15, -0.1) is 0 Å². The van der Waals surface area contributed by atoms with Crippen molar-refractivity contribution in [2.75, 3.05) is 5.84 Å². The molecule has 0 saturated carbocycles. The Kier molecular flexibility index (Phi) is 2.30. The van der Waals surface area contributed by atoms with Crippen molar-refractivity contribution in [2.24, 2.45) is 0 Å². The Labute approximate surface area is 105 Å². The number of nitrogen functional groups attached to an aromatic ring is 1. The minimum Gasteiger partial charge on any atom is -0.336 e. The summed E-state index contributed by atoms with van der Waals surface area (Å²) in [7, 11) is 0. The second-order valence-electron chi connectivity index (χ2n) is 4.42. The summed E-state index contributed by atoms with van der Waals surface area (Å²) in [5, 5.41) is 0. The van der Waals surface area contributed by atoms with Gasteiger partial charge in [0.25, 0.3) is 0 Å². The van der Waals surface area contributed by atoms with E-state index in [1.807, 2.05) is 50.2 Å². The largest absolute Gasteiger partial charge is 0.336 e. The van der Waals surface area contributed by atoms with Crippen molar-refractivity contribution in [3.8, 4) is 11.4 Å². The Morgan fingerprint density at radius 3 is 2.50 bits per heavy atom. The fourth-order valence-electron chi connectivity index (χ4n) is 2.17. The summed E-state index contributed by atoms with van der Waals surface area (Å²) in [6.45, 7) is 3.99. The standard InChI is InChI=1S/C14H14N4/c1-9-8-10(2)16-14-12(9)17-13(18(14)15)11-6-4-3-5-7-11/h3-8H,15H2,1-2H3. The molecule has 0 unspecified atom stereocenters. The molecule has 3 rings (SSSR count). The molecule has 0 aliphatic carbocycles. The number of aryl methyl sites for hydroxylation is 2. The molecule has 0 atom stereocenters. The summed E-state index contributed by atoms with van der Waals surface area (Å²) in [6, 6.07) is 11.9. The molecule has 2 N–H and O–H groups in total. The van der Waals surface area contributed by atoms with Gasteiger partial charge in [0.15, 0.2) is 11.5 Å². The first-order chi connectivity index (χ1) is 8.66. The van der Waals surface area contributed by atoms with Crippen LogP contribution in [-0.4, -0.2) is 14.6 Å². The zero-order valence-electron chi connectivity index (χ0n) is 10.4. The van der Waals surface area contributed by atoms with E-state index in [9.17, 15) is 0 Å². The Morgan fingerprint density at radius 2 is 1.78 bits per heavy atom. The fraction of sp³-hybridized carbons (Fsp3) is 0.143. The van der Waals surface area contributed by atoms with Crippen molar-refractivity contribution in [1.82, 2.24) is 14.6 Å². The average molecular weight is 238 g/mol. The van der Waals surface area contributed by atoms with Gasteiger partial charge in [-0.25, -0.2) is 14.6 Å². The van der Waals surface area contributed by atoms with Crippen LogP contribution in [0.3, 0.4) is 0 Å². The first-order valence-corrected chi connectivity index (χ1v) is 5.84. The minimum absolute atomic E-state index is 0.728. The van der Waals surface area contributed by atoms with Crippen LogP contribution >= 0.6 is 0 Å². The predicted molar refractivity (Wildman–Crippen MR) is 72.6 cm³/mol. The molecule has 0 radical (unpaired) electrons. The summed E-state index contributed by atoms with van der Waals surface area (Å²) in [6.07, 6.45) is 0. The third-order valence-electron chi connectivity index (χ3n) is 3.00. The van der Waals surface area contributed by atoms with Crippen molar-refractivity contribution in [1.29, 1.82) is 0 Å². The molecule has 0 spiro atoms. The quantitative estimate of drug-likeness (QED) is 0.662. The molecule has 0 aliphatic heterocycles. The van der Waals surface area contributed by atoms with Crippen molar-refractivity contribution in [3.05, 3.63) is 47.7 Å². The summed E-state index contributed by atoms with van der Waals surface area (Å²) < 4.78 is 1.56. The van der Waals surface area contributed by atoms with E-state index in [-0.39, 0.29) is 0 Å². The van der Waals surface area contributed by atoms with E-state index in [0.717, 1.165) is 33.8 Å². The van der Waals surface area contributed by atoms with E-state index < -0.39 is 0 Å². The van der Waals surface area contributed by atoms with Gasteiger partial charge >= 0.3 is 0 Å². The van der Waals surface area contributed by atoms with Crippen molar-refractivity contribution < 1.29 is 0 Å². The first kappa shape index (κ1) is 10.8. The highest BCUT2D eigenvalue weighted by molar-refractivity contribution is 5.80. The van der Waals surface area contributed by atoms with E-state index >= 15 is 0 Å². The van der Waals surface area contributed by atoms with E-state index in [1.54, 1.807) is 4.68 Å². The predicted octanol–water partition coefficient (Wildman–Crippen LogP) is 2.43. The third-order valence-corrected chi connectivity index (χ3v) is 3.00. The highest BCUT2D eigenvalue weighted by Crippen LogP contribution is 2.23. The van der Waals surface area contributed by atoms with E-state index in [1.165, 1.54) is 0 Å². The van der Waals surface area contributed by atoms with E-state index in [2.05, 4.69) is 9.97 Å². The molecule has 0 fully saturated rings. The van der Waals surface area contributed by atoms with Crippen LogP contribution in [0.15, 0.2) is 36.4 Å². The lowest BCUT2D eigenvalue weighted by molar-refractivity contribution is 1.02. The maximum atomic E-state index is 6.10. The average Bonchev–Trinajstić information content (AvgIpc) is 2.69. The van der Waals surface area contributed by atoms with E-state index in [0.29, 0.717) is 0 Å². The van der Waals surface area contributed by atoms with Gasteiger partial charge in [0, 0.05) is 11.3 Å². The highest BCUT2D eigenvalue weighted by atomic mass is 15.3. The van der Waals surface area contributed by atoms with Crippen LogP contribution in [-0.2, 0) is 0 Å². The lowest BCUT2D eigenvalue weighted by Gasteiger charge is -2.01. The van der Waals surface area contributed by atoms with Gasteiger partial charge in [-0.3, -0.25) is 0 Å². The Bertz CT molecular complexity index is 713. The molecule has 18 heavy (non-hydrogen) atoms. The molecule has 0 aliphatic rings. The number of benzene rings is 1. The molecule has 3 aromatic rings. The van der Waals surface area contributed by atoms with Crippen LogP contribution in [0.1, 0.15) is 11.3 Å². The summed E-state index contributed by atoms with van der Waals surface area (Å²) in [5.74, 6) is 6.84. The smallest absolute Gasteiger partial charge is 0.179 e. The fourth-order valence-corrected chi connectivity index (χ4v) is 2.17. The second kappa shape index (κ2) is 3.84. The Morgan fingerprint density at radius 1 is 1.06 bits per heavy atom. The van der Waals surface area contributed by atoms with Crippen molar-refractivity contribution in [2.45, 2.75) is 13.8 Å². The van der Waals surface area contributed by atoms with Crippen molar-refractivity contribution >= 4 is 11.2 Å². The molecule has 2 heterocycles. The van der Waals surface area contributed by atoms with Gasteiger partial charge < -0.3 is 5.84 Å². The van der Waals surface area contributed by atoms with Crippen molar-refractivity contribution in [3.63, 3.8) is 0 Å². The number of fused-ring (bicyclic) bond motifs is 1. The van der Waals surface area contributed by atoms with Crippen LogP contribution in [0.25, 0.3) is 22.6 Å². The highest BCUT2D eigenvalue weighted by Gasteiger charge is 2.13. The first-order valence-electron chi connectivity index (χ1n) is 5.84. The van der Waals surface area contributed by atoms with E-state index in [4.69, 9.17) is 5.84 Å². The molecule has 4 heteroatoms. The number of hydrogen-bond donors (Lipinski definition) is 1. The number of rotatable bonds is 1. The Balaban J connectivity index is 2.33. The number of imidazole rings is 1. The number of aromatic nitrogens is 3. The molecular formula is C14H14N4. The van der Waals surface area contributed by atoms with Crippen LogP contribution in [0, 0.1) is 13.8 Å². The minimum atomic E-state index is 0.728. The maximum absolute atomic E-state index is 6.10. The monoisotopic (exact) mass is 238 g/mol. The van der Waals surface area contributed by atoms with Crippen LogP contribution < -0.4 is 5.84 Å². The third kappa shape index (κ3) is 1.54. The van der Waals surface area contributed by atoms with Crippen LogP contribution in [0.2, 0.25) is 0 Å². The molecular weight excluding hydrogens is 224 g/mol. The lowest BCUT2D eigenvalue weighted by atomic mass is 10.2. The van der Waals surface area contributed by atoms with Gasteiger partial charge in [-0.05, 0) is 25.5 Å². The maximum Gasteiger partial charge on any atom is 0.179 e. The van der Waals surface area contributed by atoms with Gasteiger partial charge in [-0.2, -0.15) is 0 Å². The molecule has 1 aromatic carbocycles. The topological polar surface area (TPSA) is 56.7 Å². The summed E-state index contributed by atoms with van der Waals surface area (Å²) in [5.41, 5.74) is 4.63. The van der Waals surface area contributed by atoms with Gasteiger partial charge in [0.2, 0.25) is 0 Å².